The van der Waals surface area contributed by atoms with Gasteiger partial charge in [0, 0.05) is 31.6 Å². The minimum Gasteiger partial charge on any atom is -0.480 e. The molecule has 6 nitrogen and oxygen atoms in total. The predicted octanol–water partition coefficient (Wildman–Crippen LogP) is 3.57. The number of carboxylic acids is 1. The highest BCUT2D eigenvalue weighted by molar-refractivity contribution is 6.42. The predicted molar refractivity (Wildman–Crippen MR) is 109 cm³/mol. The lowest BCUT2D eigenvalue weighted by atomic mass is 9.94. The molecule has 1 fully saturated rings. The molecule has 1 aromatic rings. The molecular weight excluding hydrogens is 403 g/mol. The molecule has 1 N–H and O–H groups in total. The summed E-state index contributed by atoms with van der Waals surface area (Å²) in [4.78, 5) is 39.2. The van der Waals surface area contributed by atoms with Crippen molar-refractivity contribution in [2.75, 3.05) is 20.1 Å². The maximum absolute atomic E-state index is 12.7. The fourth-order valence-electron chi connectivity index (χ4n) is 3.15. The first-order chi connectivity index (χ1) is 13.1. The van der Waals surface area contributed by atoms with E-state index in [1.165, 1.54) is 18.9 Å². The van der Waals surface area contributed by atoms with Gasteiger partial charge in [-0.2, -0.15) is 0 Å². The third-order valence-electron chi connectivity index (χ3n) is 5.11. The summed E-state index contributed by atoms with van der Waals surface area (Å²) in [7, 11) is 1.50. The van der Waals surface area contributed by atoms with Crippen LogP contribution in [0.15, 0.2) is 23.8 Å². The van der Waals surface area contributed by atoms with Crippen LogP contribution in [0, 0.1) is 5.92 Å². The molecule has 1 aromatic carbocycles. The Morgan fingerprint density at radius 2 is 1.86 bits per heavy atom. The van der Waals surface area contributed by atoms with Crippen LogP contribution in [-0.2, 0) is 14.4 Å². The van der Waals surface area contributed by atoms with Gasteiger partial charge in [-0.1, -0.05) is 35.3 Å². The number of hydrogen-bond donors (Lipinski definition) is 1. The number of piperidine rings is 1. The molecule has 1 aliphatic heterocycles. The summed E-state index contributed by atoms with van der Waals surface area (Å²) < 4.78 is 0. The summed E-state index contributed by atoms with van der Waals surface area (Å²) in [6.45, 7) is 4.09. The lowest BCUT2D eigenvalue weighted by Gasteiger charge is -2.34. The molecule has 152 valence electrons. The molecule has 1 heterocycles. The Hall–Kier alpha value is -2.05. The number of likely N-dealkylation sites (tertiary alicyclic amines) is 1. The van der Waals surface area contributed by atoms with E-state index in [-0.39, 0.29) is 17.7 Å². The second-order valence-corrected chi connectivity index (χ2v) is 7.79. The Morgan fingerprint density at radius 1 is 1.25 bits per heavy atom. The van der Waals surface area contributed by atoms with Crippen molar-refractivity contribution in [1.29, 1.82) is 0 Å². The van der Waals surface area contributed by atoms with E-state index >= 15 is 0 Å². The first-order valence-corrected chi connectivity index (χ1v) is 9.80. The zero-order valence-electron chi connectivity index (χ0n) is 16.1. The minimum atomic E-state index is -1.04. The van der Waals surface area contributed by atoms with Gasteiger partial charge in [0.1, 0.15) is 6.04 Å². The molecular formula is C20H24Cl2N2O4. The number of likely N-dealkylation sites (N-methyl/N-ethyl adjacent to an activating group) is 1. The number of carbonyl (C=O) groups is 3. The number of hydrogen-bond acceptors (Lipinski definition) is 3. The molecule has 0 bridgehead atoms. The molecule has 2 amide bonds. The average Bonchev–Trinajstić information content (AvgIpc) is 2.69. The molecule has 0 unspecified atom stereocenters. The lowest BCUT2D eigenvalue weighted by Crippen LogP contribution is -2.47. The Bertz CT molecular complexity index is 801. The lowest BCUT2D eigenvalue weighted by molar-refractivity contribution is -0.150. The monoisotopic (exact) mass is 426 g/mol. The van der Waals surface area contributed by atoms with Crippen molar-refractivity contribution in [1.82, 2.24) is 9.80 Å². The first kappa shape index (κ1) is 22.2. The fourth-order valence-corrected chi connectivity index (χ4v) is 3.51. The number of aliphatic carboxylic acids is 1. The number of nitrogens with zero attached hydrogens (tertiary/aromatic N) is 2. The summed E-state index contributed by atoms with van der Waals surface area (Å²) in [5, 5.41) is 9.89. The molecule has 1 saturated heterocycles. The SMILES string of the molecule is C/C(=C\c1cccc(Cl)c1Cl)C(=O)N1CCC(C(=O)N(C)[C@@H](C)C(=O)O)CC1. The van der Waals surface area contributed by atoms with E-state index in [1.807, 2.05) is 0 Å². The molecule has 0 aromatic heterocycles. The highest BCUT2D eigenvalue weighted by atomic mass is 35.5. The van der Waals surface area contributed by atoms with Crippen molar-refractivity contribution in [2.24, 2.45) is 5.92 Å². The second kappa shape index (κ2) is 9.43. The van der Waals surface area contributed by atoms with E-state index in [0.29, 0.717) is 47.1 Å². The number of rotatable bonds is 5. The van der Waals surface area contributed by atoms with Gasteiger partial charge in [0.2, 0.25) is 11.8 Å². The van der Waals surface area contributed by atoms with Crippen molar-refractivity contribution in [3.8, 4) is 0 Å². The fraction of sp³-hybridized carbons (Fsp3) is 0.450. The van der Waals surface area contributed by atoms with Crippen molar-refractivity contribution in [2.45, 2.75) is 32.7 Å². The normalized spacial score (nSPS) is 16.6. The highest BCUT2D eigenvalue weighted by Crippen LogP contribution is 2.28. The van der Waals surface area contributed by atoms with Crippen LogP contribution in [0.2, 0.25) is 10.0 Å². The van der Waals surface area contributed by atoms with Gasteiger partial charge in [-0.25, -0.2) is 4.79 Å². The van der Waals surface area contributed by atoms with Gasteiger partial charge in [-0.05, 0) is 44.4 Å². The highest BCUT2D eigenvalue weighted by Gasteiger charge is 2.32. The maximum Gasteiger partial charge on any atom is 0.326 e. The topological polar surface area (TPSA) is 77.9 Å². The van der Waals surface area contributed by atoms with Crippen LogP contribution in [0.25, 0.3) is 6.08 Å². The van der Waals surface area contributed by atoms with Crippen LogP contribution in [0.3, 0.4) is 0 Å². The van der Waals surface area contributed by atoms with Gasteiger partial charge in [-0.3, -0.25) is 9.59 Å². The Balaban J connectivity index is 1.99. The van der Waals surface area contributed by atoms with Crippen LogP contribution in [-0.4, -0.2) is 58.9 Å². The van der Waals surface area contributed by atoms with Crippen LogP contribution in [0.5, 0.6) is 0 Å². The summed E-state index contributed by atoms with van der Waals surface area (Å²) >= 11 is 12.2. The van der Waals surface area contributed by atoms with Gasteiger partial charge >= 0.3 is 5.97 Å². The number of benzene rings is 1. The van der Waals surface area contributed by atoms with E-state index in [4.69, 9.17) is 28.3 Å². The van der Waals surface area contributed by atoms with Crippen LogP contribution < -0.4 is 0 Å². The molecule has 2 rings (SSSR count). The first-order valence-electron chi connectivity index (χ1n) is 9.04. The summed E-state index contributed by atoms with van der Waals surface area (Å²) in [5.41, 5.74) is 1.21. The Morgan fingerprint density at radius 3 is 2.43 bits per heavy atom. The number of carbonyl (C=O) groups excluding carboxylic acids is 2. The Kier molecular flexibility index (Phi) is 7.49. The quantitative estimate of drug-likeness (QED) is 0.729. The summed E-state index contributed by atoms with van der Waals surface area (Å²) in [6, 6.07) is 4.36. The standard InChI is InChI=1S/C20H24Cl2N2O4/c1-12(11-15-5-4-6-16(21)17(15)22)18(25)24-9-7-14(8-10-24)19(26)23(3)13(2)20(27)28/h4-6,11,13-14H,7-10H2,1-3H3,(H,27,28)/b12-11+/t13-/m0/s1. The molecule has 28 heavy (non-hydrogen) atoms. The number of halogens is 2. The molecule has 8 heteroatoms. The van der Waals surface area contributed by atoms with Crippen molar-refractivity contribution in [3.63, 3.8) is 0 Å². The number of carboxylic acid groups (broad SMARTS) is 1. The van der Waals surface area contributed by atoms with E-state index in [1.54, 1.807) is 36.1 Å². The van der Waals surface area contributed by atoms with E-state index in [9.17, 15) is 14.4 Å². The van der Waals surface area contributed by atoms with E-state index in [2.05, 4.69) is 0 Å². The molecule has 0 saturated carbocycles. The van der Waals surface area contributed by atoms with Gasteiger partial charge in [0.25, 0.3) is 0 Å². The van der Waals surface area contributed by atoms with Crippen LogP contribution >= 0.6 is 23.2 Å². The van der Waals surface area contributed by atoms with Crippen molar-refractivity contribution >= 4 is 47.1 Å². The smallest absolute Gasteiger partial charge is 0.326 e. The van der Waals surface area contributed by atoms with E-state index in [0.717, 1.165) is 0 Å². The third-order valence-corrected chi connectivity index (χ3v) is 5.94. The summed E-state index contributed by atoms with van der Waals surface area (Å²) in [5.74, 6) is -1.62. The number of amides is 2. The average molecular weight is 427 g/mol. The second-order valence-electron chi connectivity index (χ2n) is 7.00. The zero-order chi connectivity index (χ0) is 21.0. The zero-order valence-corrected chi connectivity index (χ0v) is 17.6. The minimum absolute atomic E-state index is 0.116. The largest absolute Gasteiger partial charge is 0.480 e. The van der Waals surface area contributed by atoms with E-state index < -0.39 is 12.0 Å². The molecule has 0 radical (unpaired) electrons. The summed E-state index contributed by atoms with van der Waals surface area (Å²) in [6.07, 6.45) is 2.72. The van der Waals surface area contributed by atoms with Crippen LogP contribution in [0.1, 0.15) is 32.3 Å². The van der Waals surface area contributed by atoms with Gasteiger partial charge in [0.15, 0.2) is 0 Å². The molecule has 1 atom stereocenters. The molecule has 0 spiro atoms. The van der Waals surface area contributed by atoms with Gasteiger partial charge in [-0.15, -0.1) is 0 Å². The van der Waals surface area contributed by atoms with Crippen LogP contribution in [0.4, 0.5) is 0 Å². The van der Waals surface area contributed by atoms with Gasteiger partial charge < -0.3 is 14.9 Å². The van der Waals surface area contributed by atoms with Gasteiger partial charge in [0.05, 0.1) is 10.0 Å². The maximum atomic E-state index is 12.7. The molecule has 0 aliphatic carbocycles. The Labute approximate surface area is 174 Å². The van der Waals surface area contributed by atoms with Crippen molar-refractivity contribution < 1.29 is 19.5 Å². The third kappa shape index (κ3) is 5.06. The van der Waals surface area contributed by atoms with Crippen molar-refractivity contribution in [3.05, 3.63) is 39.4 Å². The molecule has 1 aliphatic rings.